The molecule has 112 valence electrons. The molecular formula is C14H18N4O2S. The number of rotatable bonds is 5. The van der Waals surface area contributed by atoms with Crippen molar-refractivity contribution in [3.8, 4) is 0 Å². The van der Waals surface area contributed by atoms with E-state index in [4.69, 9.17) is 5.84 Å². The third-order valence-electron chi connectivity index (χ3n) is 3.06. The number of benzene rings is 1. The topological polar surface area (TPSA) is 88.3 Å². The lowest BCUT2D eigenvalue weighted by Gasteiger charge is -2.17. The zero-order valence-electron chi connectivity index (χ0n) is 11.9. The molecule has 21 heavy (non-hydrogen) atoms. The van der Waals surface area contributed by atoms with Crippen molar-refractivity contribution in [1.29, 1.82) is 0 Å². The van der Waals surface area contributed by atoms with Gasteiger partial charge in [0.25, 0.3) is 0 Å². The predicted octanol–water partition coefficient (Wildman–Crippen LogP) is 1.50. The minimum Gasteiger partial charge on any atom is -0.324 e. The molecule has 2 rings (SSSR count). The van der Waals surface area contributed by atoms with Crippen LogP contribution in [0.5, 0.6) is 0 Å². The Bertz CT molecular complexity index is 714. The Morgan fingerprint density at radius 3 is 2.43 bits per heavy atom. The number of nitrogen functional groups attached to an aromatic ring is 1. The van der Waals surface area contributed by atoms with Crippen molar-refractivity contribution in [3.63, 3.8) is 0 Å². The largest absolute Gasteiger partial charge is 0.324 e. The minimum atomic E-state index is -3.55. The molecule has 0 fully saturated rings. The predicted molar refractivity (Wildman–Crippen MR) is 81.9 cm³/mol. The third kappa shape index (κ3) is 3.57. The molecule has 1 aromatic heterocycles. The molecule has 3 N–H and O–H groups in total. The van der Waals surface area contributed by atoms with Gasteiger partial charge in [-0.2, -0.15) is 4.31 Å². The smallest absolute Gasteiger partial charge is 0.243 e. The van der Waals surface area contributed by atoms with E-state index in [9.17, 15) is 8.42 Å². The first-order valence-electron chi connectivity index (χ1n) is 6.39. The highest BCUT2D eigenvalue weighted by molar-refractivity contribution is 7.89. The standard InChI is InChI=1S/C14H18N4O2S/c1-11-4-3-5-13(16-11)10-18(2)21(19,20)14-8-6-12(17-15)7-9-14/h3-9,17H,10,15H2,1-2H3. The van der Waals surface area contributed by atoms with Crippen LogP contribution in [-0.4, -0.2) is 24.8 Å². The Kier molecular flexibility index (Phi) is 4.56. The highest BCUT2D eigenvalue weighted by Crippen LogP contribution is 2.18. The maximum atomic E-state index is 12.5. The van der Waals surface area contributed by atoms with Gasteiger partial charge >= 0.3 is 0 Å². The average Bonchev–Trinajstić information content (AvgIpc) is 2.47. The van der Waals surface area contributed by atoms with E-state index in [2.05, 4.69) is 10.4 Å². The van der Waals surface area contributed by atoms with Crippen molar-refractivity contribution in [2.45, 2.75) is 18.4 Å². The third-order valence-corrected chi connectivity index (χ3v) is 4.88. The van der Waals surface area contributed by atoms with Crippen LogP contribution >= 0.6 is 0 Å². The van der Waals surface area contributed by atoms with E-state index < -0.39 is 10.0 Å². The summed E-state index contributed by atoms with van der Waals surface area (Å²) in [5.41, 5.74) is 4.68. The average molecular weight is 306 g/mol. The summed E-state index contributed by atoms with van der Waals surface area (Å²) >= 11 is 0. The quantitative estimate of drug-likeness (QED) is 0.645. The summed E-state index contributed by atoms with van der Waals surface area (Å²) in [7, 11) is -2.01. The molecular weight excluding hydrogens is 288 g/mol. The number of nitrogens with one attached hydrogen (secondary N) is 1. The Morgan fingerprint density at radius 2 is 1.86 bits per heavy atom. The molecule has 0 saturated heterocycles. The molecule has 6 nitrogen and oxygen atoms in total. The number of nitrogens with two attached hydrogens (primary N) is 1. The summed E-state index contributed by atoms with van der Waals surface area (Å²) in [4.78, 5) is 4.53. The van der Waals surface area contributed by atoms with Gasteiger partial charge in [0.05, 0.1) is 17.1 Å². The zero-order chi connectivity index (χ0) is 15.5. The molecule has 2 aromatic rings. The summed E-state index contributed by atoms with van der Waals surface area (Å²) < 4.78 is 26.2. The van der Waals surface area contributed by atoms with Gasteiger partial charge in [0.15, 0.2) is 0 Å². The molecule has 0 bridgehead atoms. The summed E-state index contributed by atoms with van der Waals surface area (Å²) in [5, 5.41) is 0. The van der Waals surface area contributed by atoms with Gasteiger partial charge in [-0.1, -0.05) is 6.07 Å². The first-order valence-corrected chi connectivity index (χ1v) is 7.83. The molecule has 1 heterocycles. The molecule has 0 saturated carbocycles. The monoisotopic (exact) mass is 306 g/mol. The second-order valence-electron chi connectivity index (χ2n) is 4.70. The van der Waals surface area contributed by atoms with Gasteiger partial charge < -0.3 is 5.43 Å². The molecule has 7 heteroatoms. The highest BCUT2D eigenvalue weighted by atomic mass is 32.2. The highest BCUT2D eigenvalue weighted by Gasteiger charge is 2.21. The second kappa shape index (κ2) is 6.21. The first kappa shape index (κ1) is 15.4. The van der Waals surface area contributed by atoms with E-state index in [1.54, 1.807) is 18.2 Å². The summed E-state index contributed by atoms with van der Waals surface area (Å²) in [6.07, 6.45) is 0. The van der Waals surface area contributed by atoms with E-state index in [-0.39, 0.29) is 11.4 Å². The number of anilines is 1. The van der Waals surface area contributed by atoms with E-state index in [1.165, 1.54) is 23.5 Å². The number of aryl methyl sites for hydroxylation is 1. The molecule has 0 aliphatic carbocycles. The van der Waals surface area contributed by atoms with E-state index >= 15 is 0 Å². The van der Waals surface area contributed by atoms with Gasteiger partial charge in [-0.3, -0.25) is 10.8 Å². The Labute approximate surface area is 124 Å². The molecule has 0 spiro atoms. The van der Waals surface area contributed by atoms with Crippen molar-refractivity contribution in [2.24, 2.45) is 5.84 Å². The molecule has 0 radical (unpaired) electrons. The SMILES string of the molecule is Cc1cccc(CN(C)S(=O)(=O)c2ccc(NN)cc2)n1. The van der Waals surface area contributed by atoms with Crippen LogP contribution in [0.15, 0.2) is 47.4 Å². The Hall–Kier alpha value is -1.96. The molecule has 0 aliphatic rings. The molecule has 0 atom stereocenters. The van der Waals surface area contributed by atoms with Crippen LogP contribution in [0.4, 0.5) is 5.69 Å². The van der Waals surface area contributed by atoms with Crippen molar-refractivity contribution in [2.75, 3.05) is 12.5 Å². The van der Waals surface area contributed by atoms with Crippen LogP contribution in [0.2, 0.25) is 0 Å². The lowest BCUT2D eigenvalue weighted by molar-refractivity contribution is 0.462. The number of pyridine rings is 1. The van der Waals surface area contributed by atoms with Crippen LogP contribution in [0.1, 0.15) is 11.4 Å². The molecule has 0 unspecified atom stereocenters. The van der Waals surface area contributed by atoms with Crippen LogP contribution in [0.3, 0.4) is 0 Å². The van der Waals surface area contributed by atoms with Crippen molar-refractivity contribution in [1.82, 2.24) is 9.29 Å². The number of aromatic nitrogens is 1. The molecule has 1 aromatic carbocycles. The van der Waals surface area contributed by atoms with Crippen molar-refractivity contribution in [3.05, 3.63) is 53.9 Å². The number of hydrogen-bond acceptors (Lipinski definition) is 5. The number of sulfonamides is 1. The van der Waals surface area contributed by atoms with Gasteiger partial charge in [0.2, 0.25) is 10.0 Å². The van der Waals surface area contributed by atoms with E-state index in [0.29, 0.717) is 11.4 Å². The maximum Gasteiger partial charge on any atom is 0.243 e. The van der Waals surface area contributed by atoms with Crippen molar-refractivity contribution >= 4 is 15.7 Å². The Morgan fingerprint density at radius 1 is 1.19 bits per heavy atom. The van der Waals surface area contributed by atoms with Crippen LogP contribution in [0, 0.1) is 6.92 Å². The van der Waals surface area contributed by atoms with Gasteiger partial charge in [-0.25, -0.2) is 8.42 Å². The van der Waals surface area contributed by atoms with Crippen LogP contribution < -0.4 is 11.3 Å². The van der Waals surface area contributed by atoms with E-state index in [1.807, 2.05) is 19.1 Å². The minimum absolute atomic E-state index is 0.219. The summed E-state index contributed by atoms with van der Waals surface area (Å²) in [5.74, 6) is 5.27. The van der Waals surface area contributed by atoms with Crippen LogP contribution in [-0.2, 0) is 16.6 Å². The number of hydrogen-bond donors (Lipinski definition) is 2. The van der Waals surface area contributed by atoms with Crippen LogP contribution in [0.25, 0.3) is 0 Å². The molecule has 0 amide bonds. The summed E-state index contributed by atoms with van der Waals surface area (Å²) in [6.45, 7) is 2.09. The van der Waals surface area contributed by atoms with Gasteiger partial charge in [-0.15, -0.1) is 0 Å². The number of hydrazine groups is 1. The second-order valence-corrected chi connectivity index (χ2v) is 6.74. The van der Waals surface area contributed by atoms with Gasteiger partial charge in [0, 0.05) is 18.4 Å². The fourth-order valence-electron chi connectivity index (χ4n) is 1.90. The Balaban J connectivity index is 2.21. The normalized spacial score (nSPS) is 11.6. The lowest BCUT2D eigenvalue weighted by atomic mass is 10.3. The lowest BCUT2D eigenvalue weighted by Crippen LogP contribution is -2.27. The van der Waals surface area contributed by atoms with Crippen molar-refractivity contribution < 1.29 is 8.42 Å². The fraction of sp³-hybridized carbons (Fsp3) is 0.214. The van der Waals surface area contributed by atoms with Gasteiger partial charge in [0.1, 0.15) is 0 Å². The summed E-state index contributed by atoms with van der Waals surface area (Å²) in [6, 6.07) is 11.8. The van der Waals surface area contributed by atoms with E-state index in [0.717, 1.165) is 5.69 Å². The maximum absolute atomic E-state index is 12.5. The van der Waals surface area contributed by atoms with Gasteiger partial charge in [-0.05, 0) is 43.3 Å². The molecule has 0 aliphatic heterocycles. The number of nitrogens with zero attached hydrogens (tertiary/aromatic N) is 2. The zero-order valence-corrected chi connectivity index (χ0v) is 12.8. The fourth-order valence-corrected chi connectivity index (χ4v) is 3.05. The first-order chi connectivity index (χ1) is 9.93.